The number of nitrogens with zero attached hydrogens (tertiary/aromatic N) is 2. The number of carbonyl (C=O) groups excluding carboxylic acids is 1. The highest BCUT2D eigenvalue weighted by molar-refractivity contribution is 5.94. The molecule has 0 radical (unpaired) electrons. The van der Waals surface area contributed by atoms with Crippen LogP contribution in [-0.4, -0.2) is 46.6 Å². The fourth-order valence-electron chi connectivity index (χ4n) is 2.18. The minimum absolute atomic E-state index is 0.0259. The van der Waals surface area contributed by atoms with Gasteiger partial charge in [0.1, 0.15) is 5.75 Å². The number of hydrogen-bond acceptors (Lipinski definition) is 4. The summed E-state index contributed by atoms with van der Waals surface area (Å²) in [4.78, 5) is 17.9. The molecule has 1 aromatic heterocycles. The Hall–Kier alpha value is -1.62. The minimum atomic E-state index is -0.0587. The summed E-state index contributed by atoms with van der Waals surface area (Å²) in [5.74, 6) is -0.0329. The molecule has 5 nitrogen and oxygen atoms in total. The maximum Gasteiger partial charge on any atom is 0.255 e. The van der Waals surface area contributed by atoms with Crippen molar-refractivity contribution in [2.24, 2.45) is 0 Å². The van der Waals surface area contributed by atoms with Gasteiger partial charge in [0.2, 0.25) is 0 Å². The molecule has 98 valence electrons. The van der Waals surface area contributed by atoms with E-state index in [0.29, 0.717) is 5.56 Å². The highest BCUT2D eigenvalue weighted by Gasteiger charge is 2.30. The van der Waals surface area contributed by atoms with E-state index in [1.807, 2.05) is 11.9 Å². The Morgan fingerprint density at radius 2 is 2.11 bits per heavy atom. The second kappa shape index (κ2) is 4.94. The summed E-state index contributed by atoms with van der Waals surface area (Å²) in [5.41, 5.74) is 0.566. The van der Waals surface area contributed by atoms with Crippen LogP contribution in [0.4, 0.5) is 0 Å². The predicted octanol–water partition coefficient (Wildman–Crippen LogP) is 1.00. The zero-order valence-corrected chi connectivity index (χ0v) is 10.8. The van der Waals surface area contributed by atoms with Crippen molar-refractivity contribution < 1.29 is 9.90 Å². The number of aromatic hydroxyl groups is 1. The molecule has 1 fully saturated rings. The largest absolute Gasteiger partial charge is 0.506 e. The van der Waals surface area contributed by atoms with Gasteiger partial charge in [-0.15, -0.1) is 0 Å². The molecule has 0 unspecified atom stereocenters. The van der Waals surface area contributed by atoms with Crippen LogP contribution in [-0.2, 0) is 0 Å². The molecule has 1 aliphatic heterocycles. The Morgan fingerprint density at radius 3 is 2.67 bits per heavy atom. The summed E-state index contributed by atoms with van der Waals surface area (Å²) in [6.45, 7) is 3.63. The molecule has 0 atom stereocenters. The number of pyridine rings is 1. The summed E-state index contributed by atoms with van der Waals surface area (Å²) in [7, 11) is 1.95. The van der Waals surface area contributed by atoms with E-state index >= 15 is 0 Å². The second-order valence-corrected chi connectivity index (χ2v) is 5.03. The zero-order valence-electron chi connectivity index (χ0n) is 10.8. The molecule has 0 spiro atoms. The van der Waals surface area contributed by atoms with Crippen LogP contribution in [0.25, 0.3) is 0 Å². The van der Waals surface area contributed by atoms with Crippen molar-refractivity contribution in [1.29, 1.82) is 0 Å². The molecule has 0 aromatic carbocycles. The Kier molecular flexibility index (Phi) is 3.52. The van der Waals surface area contributed by atoms with E-state index < -0.39 is 0 Å². The van der Waals surface area contributed by atoms with Crippen LogP contribution < -0.4 is 5.32 Å². The Bertz CT molecular complexity index is 440. The third-order valence-corrected chi connectivity index (χ3v) is 3.73. The molecule has 1 aromatic rings. The first-order valence-corrected chi connectivity index (χ1v) is 6.16. The molecular weight excluding hydrogens is 230 g/mol. The molecule has 2 rings (SSSR count). The van der Waals surface area contributed by atoms with E-state index in [4.69, 9.17) is 0 Å². The van der Waals surface area contributed by atoms with Crippen LogP contribution >= 0.6 is 0 Å². The normalized spacial score (nSPS) is 18.7. The van der Waals surface area contributed by atoms with Crippen molar-refractivity contribution in [3.63, 3.8) is 0 Å². The van der Waals surface area contributed by atoms with Gasteiger partial charge in [-0.25, -0.2) is 0 Å². The van der Waals surface area contributed by atoms with E-state index in [-0.39, 0.29) is 17.2 Å². The van der Waals surface area contributed by atoms with Crippen molar-refractivity contribution in [2.75, 3.05) is 20.1 Å². The predicted molar refractivity (Wildman–Crippen MR) is 68.5 cm³/mol. The minimum Gasteiger partial charge on any atom is -0.506 e. The van der Waals surface area contributed by atoms with Gasteiger partial charge in [-0.05, 0) is 32.9 Å². The molecule has 1 saturated heterocycles. The van der Waals surface area contributed by atoms with E-state index in [1.165, 1.54) is 18.5 Å². The zero-order chi connectivity index (χ0) is 13.2. The van der Waals surface area contributed by atoms with Gasteiger partial charge in [0, 0.05) is 24.8 Å². The summed E-state index contributed by atoms with van der Waals surface area (Å²) in [6.07, 6.45) is 4.68. The van der Waals surface area contributed by atoms with E-state index in [0.717, 1.165) is 25.9 Å². The van der Waals surface area contributed by atoms with Crippen LogP contribution in [0.1, 0.15) is 30.1 Å². The Balaban J connectivity index is 2.04. The Morgan fingerprint density at radius 1 is 1.44 bits per heavy atom. The number of amides is 1. The van der Waals surface area contributed by atoms with Gasteiger partial charge in [-0.2, -0.15) is 0 Å². The topological polar surface area (TPSA) is 65.5 Å². The lowest BCUT2D eigenvalue weighted by molar-refractivity contribution is 0.0661. The maximum atomic E-state index is 12.2. The highest BCUT2D eigenvalue weighted by atomic mass is 16.3. The monoisotopic (exact) mass is 249 g/mol. The molecule has 1 aliphatic rings. The van der Waals surface area contributed by atoms with Gasteiger partial charge in [0.15, 0.2) is 0 Å². The second-order valence-electron chi connectivity index (χ2n) is 5.03. The smallest absolute Gasteiger partial charge is 0.255 e. The van der Waals surface area contributed by atoms with Gasteiger partial charge in [0.05, 0.1) is 11.8 Å². The number of carbonyl (C=O) groups is 1. The molecule has 5 heteroatoms. The van der Waals surface area contributed by atoms with Crippen molar-refractivity contribution in [3.05, 3.63) is 24.0 Å². The quantitative estimate of drug-likeness (QED) is 0.820. The molecule has 0 aliphatic carbocycles. The molecule has 0 saturated carbocycles. The average Bonchev–Trinajstić information content (AvgIpc) is 2.39. The van der Waals surface area contributed by atoms with Crippen LogP contribution in [0.5, 0.6) is 5.75 Å². The first-order valence-electron chi connectivity index (χ1n) is 6.16. The summed E-state index contributed by atoms with van der Waals surface area (Å²) in [5, 5.41) is 12.6. The summed E-state index contributed by atoms with van der Waals surface area (Å²) in [6, 6.07) is 1.46. The number of hydrogen-bond donors (Lipinski definition) is 2. The van der Waals surface area contributed by atoms with E-state index in [2.05, 4.69) is 17.2 Å². The number of rotatable bonds is 2. The van der Waals surface area contributed by atoms with Gasteiger partial charge in [-0.3, -0.25) is 9.78 Å². The van der Waals surface area contributed by atoms with Crippen molar-refractivity contribution in [1.82, 2.24) is 15.2 Å². The van der Waals surface area contributed by atoms with Crippen molar-refractivity contribution in [3.8, 4) is 5.75 Å². The lowest BCUT2D eigenvalue weighted by Gasteiger charge is -2.39. The van der Waals surface area contributed by atoms with Crippen LogP contribution in [0.3, 0.4) is 0 Å². The van der Waals surface area contributed by atoms with Crippen molar-refractivity contribution >= 4 is 5.91 Å². The SMILES string of the molecule is CNC1(C)CCN(C(=O)c2cncc(O)c2)CC1. The van der Waals surface area contributed by atoms with Gasteiger partial charge in [0.25, 0.3) is 5.91 Å². The first-order chi connectivity index (χ1) is 8.54. The highest BCUT2D eigenvalue weighted by Crippen LogP contribution is 2.22. The van der Waals surface area contributed by atoms with Gasteiger partial charge in [-0.1, -0.05) is 0 Å². The van der Waals surface area contributed by atoms with Crippen LogP contribution in [0.2, 0.25) is 0 Å². The summed E-state index contributed by atoms with van der Waals surface area (Å²) < 4.78 is 0. The molecule has 2 N–H and O–H groups in total. The molecule has 2 heterocycles. The number of nitrogens with one attached hydrogen (secondary N) is 1. The third-order valence-electron chi connectivity index (χ3n) is 3.73. The Labute approximate surface area is 107 Å². The number of piperidine rings is 1. The molecule has 0 bridgehead atoms. The molecule has 1 amide bonds. The fourth-order valence-corrected chi connectivity index (χ4v) is 2.18. The van der Waals surface area contributed by atoms with Crippen molar-refractivity contribution in [2.45, 2.75) is 25.3 Å². The lowest BCUT2D eigenvalue weighted by atomic mass is 9.89. The maximum absolute atomic E-state index is 12.2. The third kappa shape index (κ3) is 2.61. The van der Waals surface area contributed by atoms with Crippen LogP contribution in [0, 0.1) is 0 Å². The lowest BCUT2D eigenvalue weighted by Crippen LogP contribution is -2.51. The van der Waals surface area contributed by atoms with Gasteiger partial charge >= 0.3 is 0 Å². The standard InChI is InChI=1S/C13H19N3O2/c1-13(14-2)3-5-16(6-4-13)12(18)10-7-11(17)9-15-8-10/h7-9,14,17H,3-6H2,1-2H3. The van der Waals surface area contributed by atoms with E-state index in [1.54, 1.807) is 0 Å². The van der Waals surface area contributed by atoms with Gasteiger partial charge < -0.3 is 15.3 Å². The molecular formula is C13H19N3O2. The van der Waals surface area contributed by atoms with E-state index in [9.17, 15) is 9.90 Å². The molecule has 18 heavy (non-hydrogen) atoms. The first kappa shape index (κ1) is 12.8. The number of aromatic nitrogens is 1. The van der Waals surface area contributed by atoms with Crippen LogP contribution in [0.15, 0.2) is 18.5 Å². The summed E-state index contributed by atoms with van der Waals surface area (Å²) >= 11 is 0. The fraction of sp³-hybridized carbons (Fsp3) is 0.538. The number of likely N-dealkylation sites (tertiary alicyclic amines) is 1. The average molecular weight is 249 g/mol.